The summed E-state index contributed by atoms with van der Waals surface area (Å²) < 4.78 is 18.7. The fraction of sp³-hybridized carbons (Fsp3) is 0.211. The van der Waals surface area contributed by atoms with E-state index in [1.807, 2.05) is 6.07 Å². The summed E-state index contributed by atoms with van der Waals surface area (Å²) in [6.45, 7) is 1.95. The normalized spacial score (nSPS) is 16.6. The van der Waals surface area contributed by atoms with Crippen molar-refractivity contribution in [3.05, 3.63) is 76.0 Å². The molecule has 8 heteroatoms. The van der Waals surface area contributed by atoms with Gasteiger partial charge in [0.2, 0.25) is 0 Å². The van der Waals surface area contributed by atoms with Gasteiger partial charge in [0.25, 0.3) is 0 Å². The second kappa shape index (κ2) is 8.63. The van der Waals surface area contributed by atoms with E-state index in [4.69, 9.17) is 16.3 Å². The van der Waals surface area contributed by atoms with Crippen LogP contribution in [-0.4, -0.2) is 28.7 Å². The fourth-order valence-corrected chi connectivity index (χ4v) is 3.46. The molecule has 1 N–H and O–H groups in total. The first-order chi connectivity index (χ1) is 13.0. The van der Waals surface area contributed by atoms with Crippen LogP contribution in [0.15, 0.2) is 59.0 Å². The molecule has 1 aromatic carbocycles. The van der Waals surface area contributed by atoms with Crippen LogP contribution in [-0.2, 0) is 9.53 Å². The lowest BCUT2D eigenvalue weighted by atomic mass is 9.95. The van der Waals surface area contributed by atoms with Gasteiger partial charge in [-0.25, -0.2) is 9.18 Å². The third-order valence-electron chi connectivity index (χ3n) is 3.95. The minimum Gasteiger partial charge on any atom is -0.463 e. The fourth-order valence-electron chi connectivity index (χ4n) is 2.75. The van der Waals surface area contributed by atoms with Gasteiger partial charge in [-0.3, -0.25) is 9.98 Å². The van der Waals surface area contributed by atoms with Crippen molar-refractivity contribution < 1.29 is 13.9 Å². The molecule has 0 radical (unpaired) electrons. The largest absolute Gasteiger partial charge is 0.463 e. The smallest absolute Gasteiger partial charge is 0.338 e. The molecule has 2 heterocycles. The van der Waals surface area contributed by atoms with Crippen LogP contribution in [0, 0.1) is 5.82 Å². The molecule has 0 aliphatic carbocycles. The Morgan fingerprint density at radius 2 is 2.22 bits per heavy atom. The van der Waals surface area contributed by atoms with Gasteiger partial charge in [0.05, 0.1) is 12.2 Å². The molecular weight excluding hydrogens is 437 g/mol. The number of aliphatic imine (C=N–C) groups is 1. The number of esters is 1. The second-order valence-electron chi connectivity index (χ2n) is 5.66. The van der Waals surface area contributed by atoms with Crippen LogP contribution in [0.5, 0.6) is 0 Å². The molecule has 0 saturated carbocycles. The summed E-state index contributed by atoms with van der Waals surface area (Å²) in [4.78, 5) is 21.4. The molecule has 1 aliphatic rings. The van der Waals surface area contributed by atoms with Crippen LogP contribution in [0.4, 0.5) is 4.39 Å². The number of hydrogen-bond acceptors (Lipinski definition) is 5. The van der Waals surface area contributed by atoms with Gasteiger partial charge in [0, 0.05) is 39.6 Å². The molecule has 1 aliphatic heterocycles. The average Bonchev–Trinajstić information content (AvgIpc) is 2.68. The maximum Gasteiger partial charge on any atom is 0.338 e. The molecule has 1 atom stereocenters. The van der Waals surface area contributed by atoms with E-state index in [0.29, 0.717) is 28.0 Å². The van der Waals surface area contributed by atoms with E-state index in [1.165, 1.54) is 18.2 Å². The van der Waals surface area contributed by atoms with E-state index in [2.05, 4.69) is 31.2 Å². The summed E-state index contributed by atoms with van der Waals surface area (Å²) in [6, 6.07) is 6.93. The van der Waals surface area contributed by atoms with Gasteiger partial charge >= 0.3 is 5.97 Å². The highest BCUT2D eigenvalue weighted by atomic mass is 79.9. The van der Waals surface area contributed by atoms with Gasteiger partial charge in [-0.1, -0.05) is 33.6 Å². The molecule has 3 rings (SSSR count). The maximum absolute atomic E-state index is 13.5. The average molecular weight is 453 g/mol. The SMILES string of the molecule is CCOC(=O)C1=C(CBr)NC(c2cccnc2)=NC1c1ccc(F)cc1Cl. The predicted molar refractivity (Wildman–Crippen MR) is 106 cm³/mol. The quantitative estimate of drug-likeness (QED) is 0.546. The Balaban J connectivity index is 2.16. The van der Waals surface area contributed by atoms with Crippen molar-refractivity contribution in [2.45, 2.75) is 13.0 Å². The first-order valence-corrected chi connectivity index (χ1v) is 9.71. The van der Waals surface area contributed by atoms with Crippen LogP contribution in [0.1, 0.15) is 24.1 Å². The van der Waals surface area contributed by atoms with E-state index >= 15 is 0 Å². The molecule has 140 valence electrons. The molecule has 5 nitrogen and oxygen atoms in total. The number of pyridine rings is 1. The molecule has 0 saturated heterocycles. The molecule has 0 spiro atoms. The third kappa shape index (κ3) is 4.20. The summed E-state index contributed by atoms with van der Waals surface area (Å²) in [5, 5.41) is 3.72. The van der Waals surface area contributed by atoms with Crippen LogP contribution in [0.2, 0.25) is 5.02 Å². The number of allylic oxidation sites excluding steroid dienone is 1. The molecule has 1 aromatic heterocycles. The molecule has 1 unspecified atom stereocenters. The number of rotatable bonds is 5. The van der Waals surface area contributed by atoms with Gasteiger partial charge in [0.15, 0.2) is 0 Å². The Hall–Kier alpha value is -2.25. The summed E-state index contributed by atoms with van der Waals surface area (Å²) in [6.07, 6.45) is 3.32. The number of nitrogens with zero attached hydrogens (tertiary/aromatic N) is 2. The van der Waals surface area contributed by atoms with Crippen molar-refractivity contribution in [1.82, 2.24) is 10.3 Å². The minimum atomic E-state index is -0.735. The van der Waals surface area contributed by atoms with Crippen molar-refractivity contribution in [3.8, 4) is 0 Å². The second-order valence-corrected chi connectivity index (χ2v) is 6.63. The Kier molecular flexibility index (Phi) is 6.23. The zero-order chi connectivity index (χ0) is 19.4. The lowest BCUT2D eigenvalue weighted by Crippen LogP contribution is -2.34. The number of nitrogens with one attached hydrogen (secondary N) is 1. The first-order valence-electron chi connectivity index (χ1n) is 8.21. The topological polar surface area (TPSA) is 63.6 Å². The highest BCUT2D eigenvalue weighted by molar-refractivity contribution is 9.09. The Bertz CT molecular complexity index is 918. The van der Waals surface area contributed by atoms with Crippen molar-refractivity contribution in [1.29, 1.82) is 0 Å². The standard InChI is InChI=1S/C19H16BrClFN3O2/c1-2-27-19(26)16-15(9-20)24-18(11-4-3-7-23-10-11)25-17(16)13-6-5-12(22)8-14(13)21/h3-8,10,17H,2,9H2,1H3,(H,24,25). The number of halogens is 3. The molecule has 0 bridgehead atoms. The Labute approximate surface area is 169 Å². The number of carbonyl (C=O) groups is 1. The van der Waals surface area contributed by atoms with E-state index < -0.39 is 17.8 Å². The van der Waals surface area contributed by atoms with Gasteiger partial charge in [-0.15, -0.1) is 0 Å². The van der Waals surface area contributed by atoms with Gasteiger partial charge in [-0.2, -0.15) is 0 Å². The number of amidine groups is 1. The lowest BCUT2D eigenvalue weighted by Gasteiger charge is -2.27. The van der Waals surface area contributed by atoms with Crippen LogP contribution < -0.4 is 5.32 Å². The van der Waals surface area contributed by atoms with E-state index in [1.54, 1.807) is 25.4 Å². The zero-order valence-electron chi connectivity index (χ0n) is 14.4. The summed E-state index contributed by atoms with van der Waals surface area (Å²) in [5.41, 5.74) is 2.20. The summed E-state index contributed by atoms with van der Waals surface area (Å²) >= 11 is 9.68. The maximum atomic E-state index is 13.5. The highest BCUT2D eigenvalue weighted by Gasteiger charge is 2.33. The Morgan fingerprint density at radius 1 is 1.41 bits per heavy atom. The third-order valence-corrected chi connectivity index (χ3v) is 4.84. The van der Waals surface area contributed by atoms with Crippen molar-refractivity contribution in [2.75, 3.05) is 11.9 Å². The van der Waals surface area contributed by atoms with Gasteiger partial charge < -0.3 is 10.1 Å². The lowest BCUT2D eigenvalue weighted by molar-refractivity contribution is -0.138. The number of benzene rings is 1. The van der Waals surface area contributed by atoms with E-state index in [-0.39, 0.29) is 11.6 Å². The molecule has 0 fully saturated rings. The van der Waals surface area contributed by atoms with Crippen LogP contribution in [0.25, 0.3) is 0 Å². The monoisotopic (exact) mass is 451 g/mol. The Morgan fingerprint density at radius 3 is 2.85 bits per heavy atom. The van der Waals surface area contributed by atoms with Crippen molar-refractivity contribution >= 4 is 39.3 Å². The number of alkyl halides is 1. The predicted octanol–water partition coefficient (Wildman–Crippen LogP) is 4.18. The summed E-state index contributed by atoms with van der Waals surface area (Å²) in [5.74, 6) is -0.425. The van der Waals surface area contributed by atoms with Crippen LogP contribution >= 0.6 is 27.5 Å². The number of hydrogen-bond donors (Lipinski definition) is 1. The van der Waals surface area contributed by atoms with Crippen LogP contribution in [0.3, 0.4) is 0 Å². The minimum absolute atomic E-state index is 0.187. The molecular formula is C19H16BrClFN3O2. The van der Waals surface area contributed by atoms with Gasteiger partial charge in [0.1, 0.15) is 17.7 Å². The molecule has 27 heavy (non-hydrogen) atoms. The van der Waals surface area contributed by atoms with Crippen molar-refractivity contribution in [3.63, 3.8) is 0 Å². The molecule has 0 amide bonds. The first kappa shape index (κ1) is 19.5. The van der Waals surface area contributed by atoms with E-state index in [0.717, 1.165) is 5.56 Å². The molecule has 2 aromatic rings. The number of aromatic nitrogens is 1. The van der Waals surface area contributed by atoms with Gasteiger partial charge in [-0.05, 0) is 31.2 Å². The summed E-state index contributed by atoms with van der Waals surface area (Å²) in [7, 11) is 0. The number of carbonyl (C=O) groups excluding carboxylic acids is 1. The zero-order valence-corrected chi connectivity index (χ0v) is 16.7. The number of ether oxygens (including phenoxy) is 1. The van der Waals surface area contributed by atoms with E-state index in [9.17, 15) is 9.18 Å². The highest BCUT2D eigenvalue weighted by Crippen LogP contribution is 2.36. The van der Waals surface area contributed by atoms with Crippen molar-refractivity contribution in [2.24, 2.45) is 4.99 Å².